The van der Waals surface area contributed by atoms with Gasteiger partial charge >= 0.3 is 6.18 Å². The van der Waals surface area contributed by atoms with Gasteiger partial charge in [0, 0.05) is 6.54 Å². The monoisotopic (exact) mass is 228 g/mol. The van der Waals surface area contributed by atoms with Crippen LogP contribution in [0.25, 0.3) is 0 Å². The Balaban J connectivity index is 4.57. The number of rotatable bonds is 5. The first-order valence-electron chi connectivity index (χ1n) is 4.60. The van der Waals surface area contributed by atoms with E-state index in [0.717, 1.165) is 0 Å². The number of halogens is 3. The van der Waals surface area contributed by atoms with Crippen LogP contribution in [-0.4, -0.2) is 42.4 Å². The minimum absolute atomic E-state index is 0.162. The van der Waals surface area contributed by atoms with Crippen molar-refractivity contribution in [2.45, 2.75) is 32.2 Å². The zero-order valence-corrected chi connectivity index (χ0v) is 8.56. The second kappa shape index (κ2) is 5.92. The van der Waals surface area contributed by atoms with Gasteiger partial charge in [0.15, 0.2) is 6.10 Å². The van der Waals surface area contributed by atoms with Crippen molar-refractivity contribution < 1.29 is 23.1 Å². The fourth-order valence-corrected chi connectivity index (χ4v) is 1.04. The van der Waals surface area contributed by atoms with Crippen LogP contribution in [0.1, 0.15) is 13.8 Å². The molecular weight excluding hydrogens is 213 g/mol. The van der Waals surface area contributed by atoms with Crippen LogP contribution in [0.15, 0.2) is 0 Å². The highest BCUT2D eigenvalue weighted by Crippen LogP contribution is 2.22. The topological polar surface area (TPSA) is 61.4 Å². The van der Waals surface area contributed by atoms with Crippen LogP contribution >= 0.6 is 0 Å². The Kier molecular flexibility index (Phi) is 5.59. The van der Waals surface area contributed by atoms with E-state index in [0.29, 0.717) is 0 Å². The Morgan fingerprint density at radius 2 is 1.87 bits per heavy atom. The van der Waals surface area contributed by atoms with Gasteiger partial charge in [-0.15, -0.1) is 0 Å². The molecule has 1 amide bonds. The summed E-state index contributed by atoms with van der Waals surface area (Å²) < 4.78 is 36.5. The zero-order chi connectivity index (χ0) is 12.1. The number of aliphatic hydroxyl groups is 1. The summed E-state index contributed by atoms with van der Waals surface area (Å²) in [5.74, 6) is -0.857. The molecule has 90 valence electrons. The van der Waals surface area contributed by atoms with Crippen LogP contribution in [0.3, 0.4) is 0 Å². The Morgan fingerprint density at radius 3 is 2.20 bits per heavy atom. The van der Waals surface area contributed by atoms with E-state index in [1.54, 1.807) is 13.8 Å². The largest absolute Gasteiger partial charge is 0.416 e. The van der Waals surface area contributed by atoms with Gasteiger partial charge in [0.1, 0.15) is 6.04 Å². The van der Waals surface area contributed by atoms with Gasteiger partial charge in [0.2, 0.25) is 5.91 Å². The van der Waals surface area contributed by atoms with E-state index in [1.807, 2.05) is 0 Å². The fraction of sp³-hybridized carbons (Fsp3) is 0.875. The average molecular weight is 228 g/mol. The molecule has 2 atom stereocenters. The molecule has 0 rings (SSSR count). The van der Waals surface area contributed by atoms with Crippen molar-refractivity contribution in [3.05, 3.63) is 0 Å². The molecule has 0 heterocycles. The van der Waals surface area contributed by atoms with Crippen molar-refractivity contribution in [2.75, 3.05) is 13.1 Å². The van der Waals surface area contributed by atoms with Gasteiger partial charge in [0.05, 0.1) is 0 Å². The first-order valence-corrected chi connectivity index (χ1v) is 4.60. The third kappa shape index (κ3) is 4.48. The van der Waals surface area contributed by atoms with E-state index in [4.69, 9.17) is 5.11 Å². The summed E-state index contributed by atoms with van der Waals surface area (Å²) in [7, 11) is 0. The Morgan fingerprint density at radius 1 is 1.33 bits per heavy atom. The molecule has 0 aromatic carbocycles. The molecule has 0 bridgehead atoms. The van der Waals surface area contributed by atoms with E-state index in [9.17, 15) is 18.0 Å². The molecular formula is C8H15F3N2O2. The Labute approximate surface area is 85.8 Å². The van der Waals surface area contributed by atoms with Crippen LogP contribution in [0.5, 0.6) is 0 Å². The van der Waals surface area contributed by atoms with Gasteiger partial charge in [-0.05, 0) is 13.5 Å². The van der Waals surface area contributed by atoms with Gasteiger partial charge in [-0.25, -0.2) is 0 Å². The lowest BCUT2D eigenvalue weighted by Gasteiger charge is -2.24. The lowest BCUT2D eigenvalue weighted by atomic mass is 10.1. The number of nitrogens with one attached hydrogen (secondary N) is 2. The van der Waals surface area contributed by atoms with Gasteiger partial charge in [-0.2, -0.15) is 13.2 Å². The number of aliphatic hydroxyl groups excluding tert-OH is 1. The summed E-state index contributed by atoms with van der Waals surface area (Å²) in [6, 6.07) is -1.66. The predicted octanol–water partition coefficient (Wildman–Crippen LogP) is 0.0238. The van der Waals surface area contributed by atoms with Gasteiger partial charge in [-0.3, -0.25) is 4.79 Å². The minimum Gasteiger partial charge on any atom is -0.382 e. The summed E-state index contributed by atoms with van der Waals surface area (Å²) in [5.41, 5.74) is 0. The smallest absolute Gasteiger partial charge is 0.382 e. The maximum atomic E-state index is 12.2. The summed E-state index contributed by atoms with van der Waals surface area (Å²) in [4.78, 5) is 11.2. The second-order valence-corrected chi connectivity index (χ2v) is 2.92. The van der Waals surface area contributed by atoms with Crippen molar-refractivity contribution in [1.82, 2.24) is 10.6 Å². The number of hydrogen-bond donors (Lipinski definition) is 3. The first-order chi connectivity index (χ1) is 6.84. The Hall–Kier alpha value is -0.820. The number of likely N-dealkylation sites (N-methyl/N-ethyl adjacent to an activating group) is 2. The van der Waals surface area contributed by atoms with Crippen LogP contribution < -0.4 is 10.6 Å². The van der Waals surface area contributed by atoms with Crippen LogP contribution in [0.2, 0.25) is 0 Å². The van der Waals surface area contributed by atoms with Crippen molar-refractivity contribution in [1.29, 1.82) is 0 Å². The molecule has 0 saturated heterocycles. The lowest BCUT2D eigenvalue weighted by Crippen LogP contribution is -2.56. The third-order valence-corrected chi connectivity index (χ3v) is 1.71. The molecule has 0 aromatic rings. The number of amides is 1. The van der Waals surface area contributed by atoms with Crippen molar-refractivity contribution >= 4 is 5.91 Å². The Bertz CT molecular complexity index is 209. The number of carbonyl (C=O) groups is 1. The second-order valence-electron chi connectivity index (χ2n) is 2.92. The quantitative estimate of drug-likeness (QED) is 0.622. The molecule has 0 aromatic heterocycles. The van der Waals surface area contributed by atoms with Crippen molar-refractivity contribution in [2.24, 2.45) is 0 Å². The molecule has 4 nitrogen and oxygen atoms in total. The van der Waals surface area contributed by atoms with Gasteiger partial charge < -0.3 is 15.7 Å². The van der Waals surface area contributed by atoms with Crippen LogP contribution in [-0.2, 0) is 4.79 Å². The molecule has 0 aliphatic heterocycles. The number of alkyl halides is 3. The van der Waals surface area contributed by atoms with Crippen molar-refractivity contribution in [3.63, 3.8) is 0 Å². The standard InChI is InChI=1S/C8H15F3N2O2/c1-3-12-5(7(15)13-4-2)6(14)8(9,10)11/h5-6,12,14H,3-4H2,1-2H3,(H,13,15). The van der Waals surface area contributed by atoms with E-state index in [-0.39, 0.29) is 13.1 Å². The maximum absolute atomic E-state index is 12.2. The lowest BCUT2D eigenvalue weighted by molar-refractivity contribution is -0.212. The summed E-state index contributed by atoms with van der Waals surface area (Å²) >= 11 is 0. The molecule has 0 spiro atoms. The highest BCUT2D eigenvalue weighted by molar-refractivity contribution is 5.82. The molecule has 2 unspecified atom stereocenters. The van der Waals surface area contributed by atoms with Crippen molar-refractivity contribution in [3.8, 4) is 0 Å². The first kappa shape index (κ1) is 14.2. The summed E-state index contributed by atoms with van der Waals surface area (Å²) in [5, 5.41) is 13.4. The van der Waals surface area contributed by atoms with E-state index < -0.39 is 24.2 Å². The molecule has 0 aliphatic rings. The van der Waals surface area contributed by atoms with E-state index >= 15 is 0 Å². The van der Waals surface area contributed by atoms with Gasteiger partial charge in [-0.1, -0.05) is 6.92 Å². The van der Waals surface area contributed by atoms with E-state index in [2.05, 4.69) is 10.6 Å². The van der Waals surface area contributed by atoms with Crippen LogP contribution in [0, 0.1) is 0 Å². The van der Waals surface area contributed by atoms with Gasteiger partial charge in [0.25, 0.3) is 0 Å². The molecule has 15 heavy (non-hydrogen) atoms. The number of carbonyl (C=O) groups excluding carboxylic acids is 1. The molecule has 0 fully saturated rings. The highest BCUT2D eigenvalue weighted by Gasteiger charge is 2.46. The third-order valence-electron chi connectivity index (χ3n) is 1.71. The molecule has 7 heteroatoms. The normalized spacial score (nSPS) is 15.9. The average Bonchev–Trinajstić information content (AvgIpc) is 2.12. The maximum Gasteiger partial charge on any atom is 0.416 e. The molecule has 0 radical (unpaired) electrons. The molecule has 0 saturated carbocycles. The SMILES string of the molecule is CCNC(=O)C(NCC)C(O)C(F)(F)F. The summed E-state index contributed by atoms with van der Waals surface area (Å²) in [6.07, 6.45) is -7.50. The molecule has 3 N–H and O–H groups in total. The van der Waals surface area contributed by atoms with E-state index in [1.165, 1.54) is 0 Å². The molecule has 0 aliphatic carbocycles. The fourth-order valence-electron chi connectivity index (χ4n) is 1.04. The van der Waals surface area contributed by atoms with Crippen LogP contribution in [0.4, 0.5) is 13.2 Å². The highest BCUT2D eigenvalue weighted by atomic mass is 19.4. The zero-order valence-electron chi connectivity index (χ0n) is 8.56. The minimum atomic E-state index is -4.81. The number of hydrogen-bond acceptors (Lipinski definition) is 3. The summed E-state index contributed by atoms with van der Waals surface area (Å²) in [6.45, 7) is 3.51. The predicted molar refractivity (Wildman–Crippen MR) is 48.2 cm³/mol.